The lowest BCUT2D eigenvalue weighted by atomic mass is 10.2. The molecule has 0 unspecified atom stereocenters. The van der Waals surface area contributed by atoms with E-state index in [0.717, 1.165) is 5.52 Å². The van der Waals surface area contributed by atoms with Crippen molar-refractivity contribution in [2.24, 2.45) is 5.10 Å². The number of fused-ring (bicyclic) bond motifs is 1. The lowest BCUT2D eigenvalue weighted by molar-refractivity contribution is -0.121. The summed E-state index contributed by atoms with van der Waals surface area (Å²) in [6.07, 6.45) is 1.25. The summed E-state index contributed by atoms with van der Waals surface area (Å²) in [6.45, 7) is -0.0271. The molecule has 0 radical (unpaired) electrons. The van der Waals surface area contributed by atoms with E-state index in [9.17, 15) is 9.18 Å². The first-order valence-electron chi connectivity index (χ1n) is 6.68. The van der Waals surface area contributed by atoms with Crippen molar-refractivity contribution in [3.05, 3.63) is 58.3 Å². The van der Waals surface area contributed by atoms with Crippen LogP contribution in [0.1, 0.15) is 5.56 Å². The molecule has 1 aromatic heterocycles. The second-order valence-corrected chi connectivity index (χ2v) is 5.61. The van der Waals surface area contributed by atoms with Gasteiger partial charge in [0.15, 0.2) is 0 Å². The second-order valence-electron chi connectivity index (χ2n) is 4.69. The number of aromatic nitrogens is 3. The minimum atomic E-state index is -0.431. The van der Waals surface area contributed by atoms with Crippen LogP contribution in [0.15, 0.2) is 52.0 Å². The van der Waals surface area contributed by atoms with Gasteiger partial charge in [0.05, 0.1) is 11.7 Å². The van der Waals surface area contributed by atoms with Crippen LogP contribution in [0.2, 0.25) is 0 Å². The molecule has 0 aliphatic rings. The van der Waals surface area contributed by atoms with Gasteiger partial charge in [-0.05, 0) is 30.3 Å². The fourth-order valence-corrected chi connectivity index (χ4v) is 2.32. The minimum Gasteiger partial charge on any atom is -0.271 e. The molecule has 0 spiro atoms. The number of para-hydroxylation sites is 1. The topological polar surface area (TPSA) is 72.2 Å². The molecule has 0 aliphatic carbocycles. The van der Waals surface area contributed by atoms with E-state index in [4.69, 9.17) is 0 Å². The Morgan fingerprint density at radius 2 is 2.17 bits per heavy atom. The van der Waals surface area contributed by atoms with E-state index >= 15 is 0 Å². The molecular weight excluding hydrogens is 365 g/mol. The fourth-order valence-electron chi connectivity index (χ4n) is 1.99. The van der Waals surface area contributed by atoms with E-state index in [1.54, 1.807) is 12.1 Å². The van der Waals surface area contributed by atoms with E-state index in [0.29, 0.717) is 9.99 Å². The molecule has 1 N–H and O–H groups in total. The van der Waals surface area contributed by atoms with Gasteiger partial charge < -0.3 is 0 Å². The molecule has 2 aromatic carbocycles. The average molecular weight is 376 g/mol. The van der Waals surface area contributed by atoms with Crippen LogP contribution in [-0.4, -0.2) is 27.1 Å². The highest BCUT2D eigenvalue weighted by Crippen LogP contribution is 2.13. The predicted octanol–water partition coefficient (Wildman–Crippen LogP) is 2.48. The molecule has 0 saturated heterocycles. The Balaban J connectivity index is 1.64. The number of nitrogens with one attached hydrogen (secondary N) is 1. The summed E-state index contributed by atoms with van der Waals surface area (Å²) in [5, 5.41) is 11.6. The normalized spacial score (nSPS) is 11.2. The third-order valence-electron chi connectivity index (χ3n) is 3.07. The summed E-state index contributed by atoms with van der Waals surface area (Å²) >= 11 is 3.17. The van der Waals surface area contributed by atoms with Crippen LogP contribution in [-0.2, 0) is 11.3 Å². The number of benzene rings is 2. The third-order valence-corrected chi connectivity index (χ3v) is 3.56. The van der Waals surface area contributed by atoms with Crippen LogP contribution in [0.5, 0.6) is 0 Å². The smallest absolute Gasteiger partial charge is 0.261 e. The number of carbonyl (C=O) groups excluding carboxylic acids is 1. The van der Waals surface area contributed by atoms with Crippen LogP contribution in [0.4, 0.5) is 4.39 Å². The maximum Gasteiger partial charge on any atom is 0.261 e. The van der Waals surface area contributed by atoms with E-state index in [1.807, 2.05) is 24.3 Å². The summed E-state index contributed by atoms with van der Waals surface area (Å²) in [7, 11) is 0. The van der Waals surface area contributed by atoms with Gasteiger partial charge in [-0.2, -0.15) is 5.10 Å². The number of hydrazone groups is 1. The number of rotatable bonds is 4. The lowest BCUT2D eigenvalue weighted by Crippen LogP contribution is -2.23. The first kappa shape index (κ1) is 15.3. The van der Waals surface area contributed by atoms with Crippen LogP contribution in [0, 0.1) is 5.82 Å². The molecule has 1 heterocycles. The highest BCUT2D eigenvalue weighted by Gasteiger charge is 2.07. The number of halogens is 2. The molecule has 0 saturated carbocycles. The fraction of sp³-hybridized carbons (Fsp3) is 0.0667. The summed E-state index contributed by atoms with van der Waals surface area (Å²) < 4.78 is 15.7. The zero-order chi connectivity index (χ0) is 16.2. The summed E-state index contributed by atoms with van der Waals surface area (Å²) in [5.41, 5.74) is 4.08. The van der Waals surface area contributed by atoms with Gasteiger partial charge in [0, 0.05) is 10.0 Å². The molecule has 8 heteroatoms. The van der Waals surface area contributed by atoms with Gasteiger partial charge in [0.25, 0.3) is 5.91 Å². The maximum atomic E-state index is 13.6. The second kappa shape index (κ2) is 6.66. The highest BCUT2D eigenvalue weighted by molar-refractivity contribution is 9.10. The summed E-state index contributed by atoms with van der Waals surface area (Å²) in [5.74, 6) is -0.811. The molecule has 3 rings (SSSR count). The predicted molar refractivity (Wildman–Crippen MR) is 87.4 cm³/mol. The average Bonchev–Trinajstić information content (AvgIpc) is 2.93. The van der Waals surface area contributed by atoms with Crippen molar-refractivity contribution < 1.29 is 9.18 Å². The Labute approximate surface area is 139 Å². The van der Waals surface area contributed by atoms with Crippen LogP contribution < -0.4 is 5.43 Å². The highest BCUT2D eigenvalue weighted by atomic mass is 79.9. The van der Waals surface area contributed by atoms with Crippen molar-refractivity contribution in [1.82, 2.24) is 20.4 Å². The lowest BCUT2D eigenvalue weighted by Gasteiger charge is -2.01. The van der Waals surface area contributed by atoms with Crippen LogP contribution >= 0.6 is 15.9 Å². The van der Waals surface area contributed by atoms with Crippen LogP contribution in [0.3, 0.4) is 0 Å². The van der Waals surface area contributed by atoms with Crippen molar-refractivity contribution >= 4 is 39.1 Å². The first-order chi connectivity index (χ1) is 11.1. The Kier molecular flexibility index (Phi) is 4.42. The maximum absolute atomic E-state index is 13.6. The zero-order valence-electron chi connectivity index (χ0n) is 11.8. The van der Waals surface area contributed by atoms with Gasteiger partial charge in [0.2, 0.25) is 0 Å². The van der Waals surface area contributed by atoms with Crippen molar-refractivity contribution in [3.63, 3.8) is 0 Å². The monoisotopic (exact) mass is 375 g/mol. The van der Waals surface area contributed by atoms with Gasteiger partial charge in [-0.25, -0.2) is 14.5 Å². The SMILES string of the molecule is O=C(Cn1nnc2ccccc21)N/N=C\c1ccc(Br)cc1F. The number of hydrogen-bond acceptors (Lipinski definition) is 4. The first-order valence-corrected chi connectivity index (χ1v) is 7.48. The molecule has 23 heavy (non-hydrogen) atoms. The standard InChI is InChI=1S/C15H11BrFN5O/c16-11-6-5-10(12(17)7-11)8-18-20-15(23)9-22-14-4-2-1-3-13(14)19-21-22/h1-8H,9H2,(H,20,23)/b18-8-. The molecule has 0 aliphatic heterocycles. The van der Waals surface area contributed by atoms with E-state index in [-0.39, 0.29) is 18.0 Å². The zero-order valence-corrected chi connectivity index (χ0v) is 13.4. The van der Waals surface area contributed by atoms with E-state index in [1.165, 1.54) is 17.0 Å². The van der Waals surface area contributed by atoms with E-state index in [2.05, 4.69) is 36.8 Å². The third kappa shape index (κ3) is 3.59. The molecule has 0 fully saturated rings. The molecule has 0 atom stereocenters. The Morgan fingerprint density at radius 3 is 3.00 bits per heavy atom. The Morgan fingerprint density at radius 1 is 1.35 bits per heavy atom. The molecule has 0 bridgehead atoms. The quantitative estimate of drug-likeness (QED) is 0.562. The Hall–Kier alpha value is -2.61. The van der Waals surface area contributed by atoms with Crippen molar-refractivity contribution in [2.75, 3.05) is 0 Å². The number of nitrogens with zero attached hydrogens (tertiary/aromatic N) is 4. The van der Waals surface area contributed by atoms with Crippen molar-refractivity contribution in [3.8, 4) is 0 Å². The molecule has 6 nitrogen and oxygen atoms in total. The Bertz CT molecular complexity index is 892. The van der Waals surface area contributed by atoms with Gasteiger partial charge in [0.1, 0.15) is 17.9 Å². The van der Waals surface area contributed by atoms with Gasteiger partial charge >= 0.3 is 0 Å². The molecular formula is C15H11BrFN5O. The number of carbonyl (C=O) groups is 1. The summed E-state index contributed by atoms with van der Waals surface area (Å²) in [6, 6.07) is 11.9. The van der Waals surface area contributed by atoms with Gasteiger partial charge in [-0.15, -0.1) is 5.10 Å². The van der Waals surface area contributed by atoms with E-state index < -0.39 is 5.82 Å². The van der Waals surface area contributed by atoms with Gasteiger partial charge in [-0.1, -0.05) is 33.3 Å². The number of hydrogen-bond donors (Lipinski definition) is 1. The van der Waals surface area contributed by atoms with Crippen molar-refractivity contribution in [1.29, 1.82) is 0 Å². The number of amides is 1. The van der Waals surface area contributed by atoms with Crippen molar-refractivity contribution in [2.45, 2.75) is 6.54 Å². The molecule has 116 valence electrons. The van der Waals surface area contributed by atoms with Gasteiger partial charge in [-0.3, -0.25) is 4.79 Å². The van der Waals surface area contributed by atoms with Crippen LogP contribution in [0.25, 0.3) is 11.0 Å². The minimum absolute atomic E-state index is 0.0271. The molecule has 3 aromatic rings. The molecule has 1 amide bonds. The largest absolute Gasteiger partial charge is 0.271 e. The summed E-state index contributed by atoms with van der Waals surface area (Å²) in [4.78, 5) is 11.9.